The lowest BCUT2D eigenvalue weighted by atomic mass is 9.94. The third-order valence-electron chi connectivity index (χ3n) is 4.63. The van der Waals surface area contributed by atoms with Gasteiger partial charge in [-0.2, -0.15) is 0 Å². The van der Waals surface area contributed by atoms with E-state index in [1.54, 1.807) is 13.0 Å². The van der Waals surface area contributed by atoms with Crippen molar-refractivity contribution in [2.24, 2.45) is 17.6 Å². The van der Waals surface area contributed by atoms with Gasteiger partial charge >= 0.3 is 0 Å². The van der Waals surface area contributed by atoms with Crippen LogP contribution in [0.15, 0.2) is 12.1 Å². The SMILES string of the molecule is COc1cc(F)c(C(C)NC(=O)[C@@H]2CCC[C@@H]2CN)cc1OC. The van der Waals surface area contributed by atoms with Gasteiger partial charge in [0.2, 0.25) is 5.91 Å². The summed E-state index contributed by atoms with van der Waals surface area (Å²) in [6.07, 6.45) is 2.83. The van der Waals surface area contributed by atoms with Gasteiger partial charge in [0.05, 0.1) is 20.3 Å². The Morgan fingerprint density at radius 3 is 2.61 bits per heavy atom. The highest BCUT2D eigenvalue weighted by atomic mass is 19.1. The fraction of sp³-hybridized carbons (Fsp3) is 0.588. The number of amides is 1. The van der Waals surface area contributed by atoms with Crippen LogP contribution in [0.3, 0.4) is 0 Å². The highest BCUT2D eigenvalue weighted by Crippen LogP contribution is 2.34. The molecule has 6 heteroatoms. The summed E-state index contributed by atoms with van der Waals surface area (Å²) in [7, 11) is 2.95. The van der Waals surface area contributed by atoms with Crippen LogP contribution in [0.25, 0.3) is 0 Å². The van der Waals surface area contributed by atoms with E-state index in [0.29, 0.717) is 23.6 Å². The molecule has 1 saturated carbocycles. The van der Waals surface area contributed by atoms with Gasteiger partial charge in [0.1, 0.15) is 5.82 Å². The van der Waals surface area contributed by atoms with E-state index in [2.05, 4.69) is 5.32 Å². The normalized spacial score (nSPS) is 21.8. The summed E-state index contributed by atoms with van der Waals surface area (Å²) < 4.78 is 24.5. The molecular formula is C17H25FN2O3. The number of methoxy groups -OCH3 is 2. The summed E-state index contributed by atoms with van der Waals surface area (Å²) in [6, 6.07) is 2.38. The lowest BCUT2D eigenvalue weighted by Gasteiger charge is -2.22. The second-order valence-corrected chi connectivity index (χ2v) is 5.99. The van der Waals surface area contributed by atoms with E-state index in [-0.39, 0.29) is 17.7 Å². The zero-order valence-electron chi connectivity index (χ0n) is 13.9. The van der Waals surface area contributed by atoms with Crippen LogP contribution in [-0.4, -0.2) is 26.7 Å². The quantitative estimate of drug-likeness (QED) is 0.843. The number of carbonyl (C=O) groups is 1. The minimum atomic E-state index is -0.457. The molecule has 0 heterocycles. The average molecular weight is 324 g/mol. The van der Waals surface area contributed by atoms with E-state index in [1.165, 1.54) is 20.3 Å². The molecule has 23 heavy (non-hydrogen) atoms. The highest BCUT2D eigenvalue weighted by Gasteiger charge is 2.32. The van der Waals surface area contributed by atoms with Crippen molar-refractivity contribution in [2.75, 3.05) is 20.8 Å². The lowest BCUT2D eigenvalue weighted by Crippen LogP contribution is -2.36. The molecule has 1 aromatic carbocycles. The predicted octanol–water partition coefficient (Wildman–Crippen LogP) is 2.40. The third kappa shape index (κ3) is 3.75. The summed E-state index contributed by atoms with van der Waals surface area (Å²) in [5.74, 6) is 0.414. The van der Waals surface area contributed by atoms with Crippen LogP contribution in [0.4, 0.5) is 4.39 Å². The number of rotatable bonds is 6. The monoisotopic (exact) mass is 324 g/mol. The first kappa shape index (κ1) is 17.5. The van der Waals surface area contributed by atoms with Crippen LogP contribution < -0.4 is 20.5 Å². The maximum atomic E-state index is 14.3. The standard InChI is InChI=1S/C17H25FN2O3/c1-10(20-17(21)12-6-4-5-11(12)9-19)13-7-15(22-2)16(23-3)8-14(13)18/h7-8,10-12H,4-6,9,19H2,1-3H3,(H,20,21)/t10?,11-,12-/m1/s1. The van der Waals surface area contributed by atoms with Gasteiger partial charge in [-0.25, -0.2) is 4.39 Å². The molecule has 2 rings (SSSR count). The molecule has 0 aliphatic heterocycles. The van der Waals surface area contributed by atoms with Gasteiger partial charge in [-0.15, -0.1) is 0 Å². The van der Waals surface area contributed by atoms with Gasteiger partial charge in [-0.1, -0.05) is 6.42 Å². The zero-order chi connectivity index (χ0) is 17.0. The van der Waals surface area contributed by atoms with E-state index in [0.717, 1.165) is 19.3 Å². The molecule has 128 valence electrons. The fourth-order valence-corrected chi connectivity index (χ4v) is 3.26. The molecule has 1 fully saturated rings. The second kappa shape index (κ2) is 7.64. The Labute approximate surface area is 136 Å². The van der Waals surface area contributed by atoms with Gasteiger partial charge in [0.25, 0.3) is 0 Å². The fourth-order valence-electron chi connectivity index (χ4n) is 3.26. The number of nitrogens with two attached hydrogens (primary N) is 1. The number of benzene rings is 1. The van der Waals surface area contributed by atoms with Gasteiger partial charge < -0.3 is 20.5 Å². The molecular weight excluding hydrogens is 299 g/mol. The Morgan fingerprint density at radius 1 is 1.35 bits per heavy atom. The average Bonchev–Trinajstić information content (AvgIpc) is 3.02. The van der Waals surface area contributed by atoms with E-state index in [9.17, 15) is 9.18 Å². The number of ether oxygens (including phenoxy) is 2. The lowest BCUT2D eigenvalue weighted by molar-refractivity contribution is -0.126. The van der Waals surface area contributed by atoms with E-state index in [4.69, 9.17) is 15.2 Å². The molecule has 5 nitrogen and oxygen atoms in total. The molecule has 0 aromatic heterocycles. The Balaban J connectivity index is 2.14. The Hall–Kier alpha value is -1.82. The van der Waals surface area contributed by atoms with Crippen molar-refractivity contribution in [2.45, 2.75) is 32.2 Å². The Bertz CT molecular complexity index is 565. The highest BCUT2D eigenvalue weighted by molar-refractivity contribution is 5.79. The van der Waals surface area contributed by atoms with Crippen LogP contribution in [0, 0.1) is 17.7 Å². The number of hydrogen-bond donors (Lipinski definition) is 2. The Morgan fingerprint density at radius 2 is 2.00 bits per heavy atom. The summed E-state index contributed by atoms with van der Waals surface area (Å²) >= 11 is 0. The molecule has 3 N–H and O–H groups in total. The third-order valence-corrected chi connectivity index (χ3v) is 4.63. The van der Waals surface area contributed by atoms with Gasteiger partial charge in [0.15, 0.2) is 11.5 Å². The molecule has 1 aromatic rings. The van der Waals surface area contributed by atoms with Crippen LogP contribution in [-0.2, 0) is 4.79 Å². The van der Waals surface area contributed by atoms with Crippen LogP contribution in [0.2, 0.25) is 0 Å². The minimum absolute atomic E-state index is 0.0559. The predicted molar refractivity (Wildman–Crippen MR) is 85.9 cm³/mol. The number of carbonyl (C=O) groups excluding carboxylic acids is 1. The van der Waals surface area contributed by atoms with Crippen molar-refractivity contribution < 1.29 is 18.7 Å². The van der Waals surface area contributed by atoms with Crippen molar-refractivity contribution >= 4 is 5.91 Å². The first-order chi connectivity index (χ1) is 11.0. The molecule has 0 radical (unpaired) electrons. The number of nitrogens with one attached hydrogen (secondary N) is 1. The molecule has 3 atom stereocenters. The maximum Gasteiger partial charge on any atom is 0.223 e. The minimum Gasteiger partial charge on any atom is -0.493 e. The van der Waals surface area contributed by atoms with Gasteiger partial charge in [-0.05, 0) is 38.3 Å². The van der Waals surface area contributed by atoms with Crippen LogP contribution in [0.1, 0.15) is 37.8 Å². The molecule has 0 saturated heterocycles. The topological polar surface area (TPSA) is 73.6 Å². The maximum absolute atomic E-state index is 14.3. The molecule has 1 unspecified atom stereocenters. The summed E-state index contributed by atoms with van der Waals surface area (Å²) in [4.78, 5) is 12.4. The number of halogens is 1. The van der Waals surface area contributed by atoms with E-state index in [1.807, 2.05) is 0 Å². The van der Waals surface area contributed by atoms with Crippen molar-refractivity contribution in [3.63, 3.8) is 0 Å². The molecule has 1 amide bonds. The molecule has 0 bridgehead atoms. The Kier molecular flexibility index (Phi) is 5.82. The van der Waals surface area contributed by atoms with Crippen molar-refractivity contribution in [1.29, 1.82) is 0 Å². The zero-order valence-corrected chi connectivity index (χ0v) is 13.9. The van der Waals surface area contributed by atoms with Crippen LogP contribution >= 0.6 is 0 Å². The molecule has 1 aliphatic rings. The van der Waals surface area contributed by atoms with Gasteiger partial charge in [0, 0.05) is 17.5 Å². The summed E-state index contributed by atoms with van der Waals surface area (Å²) in [6.45, 7) is 2.27. The van der Waals surface area contributed by atoms with Gasteiger partial charge in [-0.3, -0.25) is 4.79 Å². The number of hydrogen-bond acceptors (Lipinski definition) is 4. The second-order valence-electron chi connectivity index (χ2n) is 5.99. The van der Waals surface area contributed by atoms with E-state index < -0.39 is 11.9 Å². The first-order valence-corrected chi connectivity index (χ1v) is 7.93. The summed E-state index contributed by atoms with van der Waals surface area (Å²) in [5.41, 5.74) is 6.10. The summed E-state index contributed by atoms with van der Waals surface area (Å²) in [5, 5.41) is 2.90. The largest absolute Gasteiger partial charge is 0.493 e. The molecule has 1 aliphatic carbocycles. The van der Waals surface area contributed by atoms with E-state index >= 15 is 0 Å². The first-order valence-electron chi connectivity index (χ1n) is 7.93. The smallest absolute Gasteiger partial charge is 0.223 e. The van der Waals surface area contributed by atoms with Crippen LogP contribution in [0.5, 0.6) is 11.5 Å². The molecule has 0 spiro atoms. The van der Waals surface area contributed by atoms with Crippen molar-refractivity contribution in [3.05, 3.63) is 23.5 Å². The van der Waals surface area contributed by atoms with Crippen molar-refractivity contribution in [3.8, 4) is 11.5 Å². The van der Waals surface area contributed by atoms with Crippen molar-refractivity contribution in [1.82, 2.24) is 5.32 Å².